The Hall–Kier alpha value is -0.120. The summed E-state index contributed by atoms with van der Waals surface area (Å²) in [6.07, 6.45) is 4.75. The summed E-state index contributed by atoms with van der Waals surface area (Å²) in [5, 5.41) is 2.21. The number of likely N-dealkylation sites (N-methyl/N-ethyl adjacent to an activating group) is 1. The number of piperidine rings is 1. The summed E-state index contributed by atoms with van der Waals surface area (Å²) >= 11 is 0. The summed E-state index contributed by atoms with van der Waals surface area (Å²) in [5.74, 6) is 0. The third-order valence-electron chi connectivity index (χ3n) is 2.71. The van der Waals surface area contributed by atoms with Crippen LogP contribution in [0.25, 0.3) is 0 Å². The van der Waals surface area contributed by atoms with Gasteiger partial charge in [-0.25, -0.2) is 10.4 Å². The van der Waals surface area contributed by atoms with Crippen molar-refractivity contribution in [2.75, 3.05) is 26.7 Å². The molecule has 2 rings (SSSR count). The molecule has 0 saturated carbocycles. The Bertz CT molecular complexity index is 137. The number of hydrogen-bond acceptors (Lipinski definition) is 3. The van der Waals surface area contributed by atoms with E-state index in [9.17, 15) is 0 Å². The Morgan fingerprint density at radius 1 is 1.18 bits per heavy atom. The number of nitrogens with zero attached hydrogens (tertiary/aromatic N) is 2. The van der Waals surface area contributed by atoms with Crippen LogP contribution in [0.1, 0.15) is 19.3 Å². The van der Waals surface area contributed by atoms with Crippen molar-refractivity contribution in [2.24, 2.45) is 0 Å². The second kappa shape index (κ2) is 3.09. The number of rotatable bonds is 0. The molecule has 2 heterocycles. The Balaban J connectivity index is 1.93. The lowest BCUT2D eigenvalue weighted by atomic mass is 10.1. The molecular weight excluding hydrogens is 138 g/mol. The largest absolute Gasteiger partial charge is 0.286 e. The van der Waals surface area contributed by atoms with Crippen LogP contribution in [-0.2, 0) is 0 Å². The van der Waals surface area contributed by atoms with E-state index in [2.05, 4.69) is 22.4 Å². The second-order valence-corrected chi connectivity index (χ2v) is 3.60. The van der Waals surface area contributed by atoms with Gasteiger partial charge in [0.2, 0.25) is 0 Å². The molecule has 0 aromatic rings. The molecule has 1 N–H and O–H groups in total. The maximum absolute atomic E-state index is 3.48. The molecular formula is C8H17N3. The molecule has 2 saturated heterocycles. The van der Waals surface area contributed by atoms with Crippen LogP contribution < -0.4 is 5.43 Å². The van der Waals surface area contributed by atoms with Crippen molar-refractivity contribution in [2.45, 2.75) is 25.4 Å². The molecule has 2 aliphatic heterocycles. The first-order valence-electron chi connectivity index (χ1n) is 4.57. The fourth-order valence-electron chi connectivity index (χ4n) is 2.00. The van der Waals surface area contributed by atoms with Crippen LogP contribution in [0.5, 0.6) is 0 Å². The van der Waals surface area contributed by atoms with Gasteiger partial charge in [-0.05, 0) is 25.8 Å². The number of nitrogens with one attached hydrogen (secondary N) is 1. The minimum atomic E-state index is 0.641. The molecule has 1 atom stereocenters. The Morgan fingerprint density at radius 2 is 2.09 bits per heavy atom. The van der Waals surface area contributed by atoms with Crippen LogP contribution >= 0.6 is 0 Å². The fourth-order valence-corrected chi connectivity index (χ4v) is 2.00. The molecule has 2 fully saturated rings. The summed E-state index contributed by atoms with van der Waals surface area (Å²) in [7, 11) is 2.13. The first-order chi connectivity index (χ1) is 5.36. The van der Waals surface area contributed by atoms with E-state index in [0.29, 0.717) is 6.17 Å². The van der Waals surface area contributed by atoms with E-state index < -0.39 is 0 Å². The quantitative estimate of drug-likeness (QED) is 0.541. The van der Waals surface area contributed by atoms with E-state index in [-0.39, 0.29) is 0 Å². The van der Waals surface area contributed by atoms with Crippen LogP contribution in [0.2, 0.25) is 0 Å². The molecule has 0 bridgehead atoms. The number of fused-ring (bicyclic) bond motifs is 1. The van der Waals surface area contributed by atoms with Gasteiger partial charge < -0.3 is 0 Å². The molecule has 0 radical (unpaired) electrons. The van der Waals surface area contributed by atoms with Crippen LogP contribution in [-0.4, -0.2) is 42.8 Å². The van der Waals surface area contributed by atoms with Crippen molar-refractivity contribution in [3.63, 3.8) is 0 Å². The normalized spacial score (nSPS) is 35.2. The average Bonchev–Trinajstić information content (AvgIpc) is 2.04. The van der Waals surface area contributed by atoms with Crippen molar-refractivity contribution >= 4 is 0 Å². The molecule has 3 nitrogen and oxygen atoms in total. The molecule has 0 spiro atoms. The first-order valence-corrected chi connectivity index (χ1v) is 4.57. The van der Waals surface area contributed by atoms with E-state index >= 15 is 0 Å². The molecule has 11 heavy (non-hydrogen) atoms. The number of hydrazine groups is 1. The Morgan fingerprint density at radius 3 is 3.00 bits per heavy atom. The van der Waals surface area contributed by atoms with Crippen LogP contribution in [0, 0.1) is 0 Å². The standard InChI is InChI=1S/C8H17N3/c1-10-6-7-11-5-3-2-4-8(11)9-10/h8-9H,2-7H2,1H3. The molecule has 3 heteroatoms. The lowest BCUT2D eigenvalue weighted by Gasteiger charge is -2.43. The smallest absolute Gasteiger partial charge is 0.0731 e. The predicted molar refractivity (Wildman–Crippen MR) is 45.0 cm³/mol. The van der Waals surface area contributed by atoms with Gasteiger partial charge in [-0.15, -0.1) is 0 Å². The summed E-state index contributed by atoms with van der Waals surface area (Å²) < 4.78 is 0. The van der Waals surface area contributed by atoms with Gasteiger partial charge in [0.05, 0.1) is 6.17 Å². The van der Waals surface area contributed by atoms with E-state index in [1.165, 1.54) is 32.4 Å². The highest BCUT2D eigenvalue weighted by Gasteiger charge is 2.26. The molecule has 0 aromatic heterocycles. The zero-order valence-electron chi connectivity index (χ0n) is 7.21. The van der Waals surface area contributed by atoms with Crippen LogP contribution in [0.3, 0.4) is 0 Å². The molecule has 0 amide bonds. The average molecular weight is 155 g/mol. The summed E-state index contributed by atoms with van der Waals surface area (Å²) in [6, 6.07) is 0. The van der Waals surface area contributed by atoms with Crippen LogP contribution in [0.4, 0.5) is 0 Å². The van der Waals surface area contributed by atoms with Gasteiger partial charge in [0.15, 0.2) is 0 Å². The lowest BCUT2D eigenvalue weighted by Crippen LogP contribution is -2.60. The monoisotopic (exact) mass is 155 g/mol. The molecule has 2 aliphatic rings. The highest BCUT2D eigenvalue weighted by Crippen LogP contribution is 2.16. The molecule has 1 unspecified atom stereocenters. The van der Waals surface area contributed by atoms with E-state index in [1.807, 2.05) is 0 Å². The zero-order valence-corrected chi connectivity index (χ0v) is 7.21. The molecule has 0 aliphatic carbocycles. The van der Waals surface area contributed by atoms with Gasteiger partial charge in [-0.3, -0.25) is 4.90 Å². The van der Waals surface area contributed by atoms with E-state index in [0.717, 1.165) is 6.54 Å². The highest BCUT2D eigenvalue weighted by atomic mass is 15.6. The minimum Gasteiger partial charge on any atom is -0.286 e. The van der Waals surface area contributed by atoms with Crippen molar-refractivity contribution in [3.8, 4) is 0 Å². The van der Waals surface area contributed by atoms with E-state index in [1.54, 1.807) is 0 Å². The molecule has 0 aromatic carbocycles. The fraction of sp³-hybridized carbons (Fsp3) is 1.00. The second-order valence-electron chi connectivity index (χ2n) is 3.60. The van der Waals surface area contributed by atoms with Crippen molar-refractivity contribution < 1.29 is 0 Å². The van der Waals surface area contributed by atoms with Gasteiger partial charge in [-0.1, -0.05) is 0 Å². The SMILES string of the molecule is CN1CCN2CCCCC2N1. The lowest BCUT2D eigenvalue weighted by molar-refractivity contribution is -0.000219. The van der Waals surface area contributed by atoms with Gasteiger partial charge in [-0.2, -0.15) is 0 Å². The minimum absolute atomic E-state index is 0.641. The zero-order chi connectivity index (χ0) is 7.68. The molecule has 64 valence electrons. The third-order valence-corrected chi connectivity index (χ3v) is 2.71. The van der Waals surface area contributed by atoms with Crippen molar-refractivity contribution in [1.29, 1.82) is 0 Å². The number of hydrogen-bond donors (Lipinski definition) is 1. The van der Waals surface area contributed by atoms with Gasteiger partial charge >= 0.3 is 0 Å². The van der Waals surface area contributed by atoms with Gasteiger partial charge in [0.1, 0.15) is 0 Å². The predicted octanol–water partition coefficient (Wildman–Crippen LogP) is 0.248. The Kier molecular flexibility index (Phi) is 2.11. The summed E-state index contributed by atoms with van der Waals surface area (Å²) in [6.45, 7) is 3.70. The summed E-state index contributed by atoms with van der Waals surface area (Å²) in [5.41, 5.74) is 3.48. The van der Waals surface area contributed by atoms with Gasteiger partial charge in [0, 0.05) is 20.1 Å². The van der Waals surface area contributed by atoms with E-state index in [4.69, 9.17) is 0 Å². The van der Waals surface area contributed by atoms with Gasteiger partial charge in [0.25, 0.3) is 0 Å². The highest BCUT2D eigenvalue weighted by molar-refractivity contribution is 4.77. The maximum Gasteiger partial charge on any atom is 0.0731 e. The Labute approximate surface area is 68.3 Å². The topological polar surface area (TPSA) is 18.5 Å². The summed E-state index contributed by atoms with van der Waals surface area (Å²) in [4.78, 5) is 2.56. The maximum atomic E-state index is 3.48. The first kappa shape index (κ1) is 7.53. The third kappa shape index (κ3) is 1.55. The van der Waals surface area contributed by atoms with Crippen LogP contribution in [0.15, 0.2) is 0 Å². The van der Waals surface area contributed by atoms with Crippen molar-refractivity contribution in [3.05, 3.63) is 0 Å². The van der Waals surface area contributed by atoms with Crippen molar-refractivity contribution in [1.82, 2.24) is 15.3 Å².